The van der Waals surface area contributed by atoms with Crippen LogP contribution in [0.4, 0.5) is 4.39 Å². The Labute approximate surface area is 192 Å². The molecule has 1 aromatic rings. The Hall–Kier alpha value is -2.10. The van der Waals surface area contributed by atoms with Crippen LogP contribution in [0.1, 0.15) is 64.2 Å². The van der Waals surface area contributed by atoms with E-state index in [2.05, 4.69) is 19.2 Å². The number of carbonyl (C=O) groups excluding carboxylic acids is 1. The molecule has 0 spiro atoms. The first-order valence-corrected chi connectivity index (χ1v) is 12.5. The molecule has 0 amide bonds. The van der Waals surface area contributed by atoms with Gasteiger partial charge >= 0.3 is 5.97 Å². The third-order valence-corrected chi connectivity index (χ3v) is 8.29. The van der Waals surface area contributed by atoms with E-state index in [1.54, 1.807) is 12.1 Å². The summed E-state index contributed by atoms with van der Waals surface area (Å²) in [6.45, 7) is 7.78. The van der Waals surface area contributed by atoms with Gasteiger partial charge in [-0.15, -0.1) is 6.58 Å². The summed E-state index contributed by atoms with van der Waals surface area (Å²) in [7, 11) is 0. The zero-order chi connectivity index (χ0) is 22.5. The van der Waals surface area contributed by atoms with Gasteiger partial charge in [-0.05, 0) is 93.1 Å². The summed E-state index contributed by atoms with van der Waals surface area (Å²) in [6.07, 6.45) is 15.8. The highest BCUT2D eigenvalue weighted by Gasteiger charge is 2.43. The minimum Gasteiger partial charge on any atom is -0.486 e. The molecule has 32 heavy (non-hydrogen) atoms. The Bertz CT molecular complexity index is 811. The van der Waals surface area contributed by atoms with Gasteiger partial charge in [0.25, 0.3) is 0 Å². The van der Waals surface area contributed by atoms with Gasteiger partial charge < -0.3 is 9.47 Å². The average molecular weight is 441 g/mol. The number of benzene rings is 1. The van der Waals surface area contributed by atoms with Crippen molar-refractivity contribution in [1.29, 1.82) is 0 Å². The molecule has 3 saturated carbocycles. The first kappa shape index (κ1) is 23.1. The maximum Gasteiger partial charge on any atom is 0.314 e. The summed E-state index contributed by atoms with van der Waals surface area (Å²) < 4.78 is 25.2. The van der Waals surface area contributed by atoms with Crippen LogP contribution in [0, 0.1) is 41.3 Å². The number of allylic oxidation sites excluding steroid dienone is 1. The van der Waals surface area contributed by atoms with E-state index in [1.165, 1.54) is 57.1 Å². The molecular formula is C28H37FO3. The van der Waals surface area contributed by atoms with Gasteiger partial charge in [-0.1, -0.05) is 31.6 Å². The normalized spacial score (nSPS) is 32.4. The summed E-state index contributed by atoms with van der Waals surface area (Å²) >= 11 is 0. The molecule has 0 aliphatic heterocycles. The van der Waals surface area contributed by atoms with E-state index >= 15 is 0 Å². The standard InChI is InChI=1S/C28H37FO3/c1-3-16-31-27-15-13-23(18-26(27)29)32-28(30)25-7-5-6-22-17-21(12-14-24(22)25)20-10-8-19(4-2)9-11-20/h3-4,13,15,18-22,24-25H,1-2,5-12,14,16-17H2. The molecule has 4 unspecified atom stereocenters. The van der Waals surface area contributed by atoms with Gasteiger partial charge in [0.15, 0.2) is 11.6 Å². The number of rotatable bonds is 7. The lowest BCUT2D eigenvalue weighted by molar-refractivity contribution is -0.144. The molecule has 0 saturated heterocycles. The van der Waals surface area contributed by atoms with Gasteiger partial charge in [-0.2, -0.15) is 0 Å². The van der Waals surface area contributed by atoms with Crippen LogP contribution in [0.2, 0.25) is 0 Å². The van der Waals surface area contributed by atoms with E-state index in [0.29, 0.717) is 17.8 Å². The SMILES string of the molecule is C=CCOc1ccc(OC(=O)C2CCCC3CC(C4CCC(C=C)CC4)CCC32)cc1F. The Kier molecular flexibility index (Phi) is 7.70. The predicted molar refractivity (Wildman–Crippen MR) is 125 cm³/mol. The molecule has 0 radical (unpaired) electrons. The molecule has 0 heterocycles. The van der Waals surface area contributed by atoms with Crippen molar-refractivity contribution in [1.82, 2.24) is 0 Å². The molecule has 3 nitrogen and oxygen atoms in total. The maximum atomic E-state index is 14.2. The maximum absolute atomic E-state index is 14.2. The summed E-state index contributed by atoms with van der Waals surface area (Å²) in [6, 6.07) is 4.36. The van der Waals surface area contributed by atoms with Crippen molar-refractivity contribution in [3.63, 3.8) is 0 Å². The second-order valence-electron chi connectivity index (χ2n) is 10.1. The summed E-state index contributed by atoms with van der Waals surface area (Å²) in [5, 5.41) is 0. The number of halogens is 1. The first-order valence-electron chi connectivity index (χ1n) is 12.5. The molecule has 1 aromatic carbocycles. The average Bonchev–Trinajstić information content (AvgIpc) is 2.83. The first-order chi connectivity index (χ1) is 15.6. The van der Waals surface area contributed by atoms with Crippen molar-refractivity contribution >= 4 is 5.97 Å². The smallest absolute Gasteiger partial charge is 0.314 e. The molecule has 0 aromatic heterocycles. The zero-order valence-electron chi connectivity index (χ0n) is 19.1. The topological polar surface area (TPSA) is 35.5 Å². The Morgan fingerprint density at radius 2 is 1.78 bits per heavy atom. The predicted octanol–water partition coefficient (Wildman–Crippen LogP) is 7.12. The molecule has 3 aliphatic carbocycles. The number of ether oxygens (including phenoxy) is 2. The van der Waals surface area contributed by atoms with Crippen LogP contribution in [0.5, 0.6) is 11.5 Å². The fraction of sp³-hybridized carbons (Fsp3) is 0.607. The molecule has 3 fully saturated rings. The number of carbonyl (C=O) groups is 1. The third kappa shape index (κ3) is 5.27. The van der Waals surface area contributed by atoms with Crippen molar-refractivity contribution in [2.24, 2.45) is 35.5 Å². The number of hydrogen-bond donors (Lipinski definition) is 0. The number of fused-ring (bicyclic) bond motifs is 1. The minimum atomic E-state index is -0.523. The van der Waals surface area contributed by atoms with Gasteiger partial charge in [0.1, 0.15) is 12.4 Å². The highest BCUT2D eigenvalue weighted by molar-refractivity contribution is 5.75. The highest BCUT2D eigenvalue weighted by atomic mass is 19.1. The molecule has 3 aliphatic rings. The van der Waals surface area contributed by atoms with Gasteiger partial charge in [-0.25, -0.2) is 4.39 Å². The fourth-order valence-corrected chi connectivity index (χ4v) is 6.57. The Morgan fingerprint density at radius 1 is 1.00 bits per heavy atom. The molecule has 4 heteroatoms. The van der Waals surface area contributed by atoms with Crippen LogP contribution in [0.25, 0.3) is 0 Å². The second kappa shape index (κ2) is 10.7. The molecule has 0 N–H and O–H groups in total. The van der Waals surface area contributed by atoms with E-state index in [-0.39, 0.29) is 30.0 Å². The van der Waals surface area contributed by atoms with Gasteiger partial charge in [0, 0.05) is 6.07 Å². The number of hydrogen-bond acceptors (Lipinski definition) is 3. The van der Waals surface area contributed by atoms with Crippen molar-refractivity contribution in [3.05, 3.63) is 49.3 Å². The molecule has 4 rings (SSSR count). The highest BCUT2D eigenvalue weighted by Crippen LogP contribution is 2.50. The Balaban J connectivity index is 1.34. The van der Waals surface area contributed by atoms with Crippen LogP contribution >= 0.6 is 0 Å². The largest absolute Gasteiger partial charge is 0.486 e. The number of esters is 1. The second-order valence-corrected chi connectivity index (χ2v) is 10.1. The lowest BCUT2D eigenvalue weighted by atomic mass is 9.59. The van der Waals surface area contributed by atoms with Gasteiger partial charge in [0.2, 0.25) is 0 Å². The molecule has 174 valence electrons. The van der Waals surface area contributed by atoms with E-state index in [4.69, 9.17) is 9.47 Å². The Morgan fingerprint density at radius 3 is 2.50 bits per heavy atom. The van der Waals surface area contributed by atoms with E-state index in [9.17, 15) is 9.18 Å². The lowest BCUT2D eigenvalue weighted by Crippen LogP contribution is -2.40. The van der Waals surface area contributed by atoms with Crippen LogP contribution < -0.4 is 9.47 Å². The van der Waals surface area contributed by atoms with Gasteiger partial charge in [0.05, 0.1) is 5.92 Å². The van der Waals surface area contributed by atoms with Crippen molar-refractivity contribution in [3.8, 4) is 11.5 Å². The van der Waals surface area contributed by atoms with Gasteiger partial charge in [-0.3, -0.25) is 4.79 Å². The van der Waals surface area contributed by atoms with Crippen molar-refractivity contribution in [2.75, 3.05) is 6.61 Å². The summed E-state index contributed by atoms with van der Waals surface area (Å²) in [5.74, 6) is 3.04. The van der Waals surface area contributed by atoms with E-state index in [0.717, 1.165) is 31.1 Å². The monoisotopic (exact) mass is 440 g/mol. The third-order valence-electron chi connectivity index (χ3n) is 8.29. The van der Waals surface area contributed by atoms with Crippen molar-refractivity contribution in [2.45, 2.75) is 64.2 Å². The van der Waals surface area contributed by atoms with Crippen LogP contribution in [0.15, 0.2) is 43.5 Å². The quantitative estimate of drug-likeness (QED) is 0.257. The van der Waals surface area contributed by atoms with Crippen LogP contribution in [-0.4, -0.2) is 12.6 Å². The van der Waals surface area contributed by atoms with Crippen LogP contribution in [-0.2, 0) is 4.79 Å². The lowest BCUT2D eigenvalue weighted by Gasteiger charge is -2.45. The molecular weight excluding hydrogens is 403 g/mol. The van der Waals surface area contributed by atoms with E-state index < -0.39 is 5.82 Å². The van der Waals surface area contributed by atoms with E-state index in [1.807, 2.05) is 0 Å². The zero-order valence-corrected chi connectivity index (χ0v) is 19.1. The molecule has 4 atom stereocenters. The minimum absolute atomic E-state index is 0.0639. The van der Waals surface area contributed by atoms with Crippen molar-refractivity contribution < 1.29 is 18.7 Å². The summed E-state index contributed by atoms with van der Waals surface area (Å²) in [4.78, 5) is 13.0. The fourth-order valence-electron chi connectivity index (χ4n) is 6.57. The summed E-state index contributed by atoms with van der Waals surface area (Å²) in [5.41, 5.74) is 0. The van der Waals surface area contributed by atoms with Crippen LogP contribution in [0.3, 0.4) is 0 Å². The molecule has 0 bridgehead atoms.